The quantitative estimate of drug-likeness (QED) is 0.499. The molecule has 0 aliphatic heterocycles. The van der Waals surface area contributed by atoms with Crippen LogP contribution in [0, 0.1) is 0 Å². The van der Waals surface area contributed by atoms with E-state index < -0.39 is 7.92 Å². The lowest BCUT2D eigenvalue weighted by Gasteiger charge is -2.19. The molecule has 0 saturated carbocycles. The lowest BCUT2D eigenvalue weighted by atomic mass is 10.2. The number of hydrogen-bond acceptors (Lipinski definition) is 1. The van der Waals surface area contributed by atoms with Crippen molar-refractivity contribution in [1.82, 2.24) is 0 Å². The van der Waals surface area contributed by atoms with E-state index in [4.69, 9.17) is 0 Å². The zero-order chi connectivity index (χ0) is 19.2. The Morgan fingerprint density at radius 1 is 0.536 bits per heavy atom. The van der Waals surface area contributed by atoms with E-state index in [1.165, 1.54) is 15.9 Å². The van der Waals surface area contributed by atoms with Crippen LogP contribution in [-0.4, -0.2) is 5.91 Å². The number of carbonyl (C=O) groups excluding carboxylic acids is 1. The van der Waals surface area contributed by atoms with Gasteiger partial charge in [0, 0.05) is 11.3 Å². The summed E-state index contributed by atoms with van der Waals surface area (Å²) in [6.07, 6.45) is 0. The molecule has 1 amide bonds. The second-order valence-corrected chi connectivity index (χ2v) is 8.59. The molecule has 28 heavy (non-hydrogen) atoms. The van der Waals surface area contributed by atoms with Crippen LogP contribution < -0.4 is 21.2 Å². The highest BCUT2D eigenvalue weighted by Crippen LogP contribution is 2.32. The molecule has 0 unspecified atom stereocenters. The first-order chi connectivity index (χ1) is 13.8. The molecule has 0 fully saturated rings. The molecule has 4 aromatic rings. The molecule has 0 aliphatic rings. The van der Waals surface area contributed by atoms with Crippen LogP contribution in [-0.2, 0) is 0 Å². The molecule has 2 nitrogen and oxygen atoms in total. The number of benzene rings is 4. The molecule has 136 valence electrons. The fourth-order valence-corrected chi connectivity index (χ4v) is 5.37. The van der Waals surface area contributed by atoms with Gasteiger partial charge < -0.3 is 5.32 Å². The lowest BCUT2D eigenvalue weighted by molar-refractivity contribution is 0.102. The van der Waals surface area contributed by atoms with Gasteiger partial charge in [-0.25, -0.2) is 0 Å². The first kappa shape index (κ1) is 18.2. The third kappa shape index (κ3) is 4.19. The predicted octanol–water partition coefficient (Wildman–Crippen LogP) is 4.70. The van der Waals surface area contributed by atoms with Crippen LogP contribution in [0.5, 0.6) is 0 Å². The Labute approximate surface area is 166 Å². The van der Waals surface area contributed by atoms with Gasteiger partial charge in [0.1, 0.15) is 0 Å². The van der Waals surface area contributed by atoms with Crippen molar-refractivity contribution in [1.29, 1.82) is 0 Å². The van der Waals surface area contributed by atoms with Gasteiger partial charge in [-0.3, -0.25) is 4.79 Å². The summed E-state index contributed by atoms with van der Waals surface area (Å²) in [6.45, 7) is 0. The predicted molar refractivity (Wildman–Crippen MR) is 120 cm³/mol. The van der Waals surface area contributed by atoms with E-state index in [-0.39, 0.29) is 5.91 Å². The number of hydrogen-bond donors (Lipinski definition) is 1. The zero-order valence-corrected chi connectivity index (χ0v) is 16.2. The van der Waals surface area contributed by atoms with Crippen LogP contribution >= 0.6 is 7.92 Å². The summed E-state index contributed by atoms with van der Waals surface area (Å²) < 4.78 is 0. The van der Waals surface area contributed by atoms with Gasteiger partial charge >= 0.3 is 0 Å². The molecular weight excluding hydrogens is 361 g/mol. The highest BCUT2D eigenvalue weighted by Gasteiger charge is 2.16. The largest absolute Gasteiger partial charge is 0.322 e. The summed E-state index contributed by atoms with van der Waals surface area (Å²) in [5, 5.41) is 6.76. The number of amides is 1. The van der Waals surface area contributed by atoms with E-state index >= 15 is 0 Å². The van der Waals surface area contributed by atoms with E-state index in [1.54, 1.807) is 0 Å². The Balaban J connectivity index is 1.62. The number of anilines is 1. The second-order valence-electron chi connectivity index (χ2n) is 6.37. The highest BCUT2D eigenvalue weighted by atomic mass is 31.1. The van der Waals surface area contributed by atoms with Gasteiger partial charge in [0.2, 0.25) is 0 Å². The maximum Gasteiger partial charge on any atom is 0.255 e. The Morgan fingerprint density at radius 2 is 0.964 bits per heavy atom. The molecule has 0 aliphatic carbocycles. The van der Waals surface area contributed by atoms with Gasteiger partial charge in [0.15, 0.2) is 0 Å². The van der Waals surface area contributed by atoms with Crippen molar-refractivity contribution in [3.05, 3.63) is 121 Å². The molecule has 4 aromatic carbocycles. The molecule has 0 saturated heterocycles. The molecule has 0 spiro atoms. The van der Waals surface area contributed by atoms with E-state index in [1.807, 2.05) is 54.6 Å². The van der Waals surface area contributed by atoms with Gasteiger partial charge in [0.05, 0.1) is 0 Å². The lowest BCUT2D eigenvalue weighted by Crippen LogP contribution is -2.21. The van der Waals surface area contributed by atoms with E-state index in [2.05, 4.69) is 66.0 Å². The number of carbonyl (C=O) groups is 1. The Morgan fingerprint density at radius 3 is 1.46 bits per heavy atom. The minimum absolute atomic E-state index is 0.0958. The summed E-state index contributed by atoms with van der Waals surface area (Å²) >= 11 is 0. The van der Waals surface area contributed by atoms with Crippen molar-refractivity contribution in [2.24, 2.45) is 0 Å². The van der Waals surface area contributed by atoms with Gasteiger partial charge in [0.25, 0.3) is 5.91 Å². The number of nitrogens with one attached hydrogen (secondary N) is 1. The standard InChI is InChI=1S/C25H20NOP/c27-25(26-21-10-4-1-5-11-21)20-16-18-24(19-17-20)28(22-12-6-2-7-13-22)23-14-8-3-9-15-23/h1-19H,(H,26,27). The maximum atomic E-state index is 12.5. The van der Waals surface area contributed by atoms with Gasteiger partial charge in [-0.1, -0.05) is 91.0 Å². The average Bonchev–Trinajstić information content (AvgIpc) is 2.77. The zero-order valence-electron chi connectivity index (χ0n) is 15.3. The average molecular weight is 381 g/mol. The van der Waals surface area contributed by atoms with E-state index in [9.17, 15) is 4.79 Å². The topological polar surface area (TPSA) is 29.1 Å². The first-order valence-electron chi connectivity index (χ1n) is 9.18. The van der Waals surface area contributed by atoms with Crippen LogP contribution in [0.2, 0.25) is 0 Å². The molecular formula is C25H20NOP. The van der Waals surface area contributed by atoms with Crippen LogP contribution in [0.3, 0.4) is 0 Å². The van der Waals surface area contributed by atoms with Crippen LogP contribution in [0.25, 0.3) is 0 Å². The van der Waals surface area contributed by atoms with Gasteiger partial charge in [-0.2, -0.15) is 0 Å². The summed E-state index contributed by atoms with van der Waals surface area (Å²) in [5.41, 5.74) is 1.45. The normalized spacial score (nSPS) is 10.6. The monoisotopic (exact) mass is 381 g/mol. The summed E-state index contributed by atoms with van der Waals surface area (Å²) in [5.74, 6) is -0.0958. The smallest absolute Gasteiger partial charge is 0.255 e. The van der Waals surface area contributed by atoms with Crippen molar-refractivity contribution in [2.75, 3.05) is 5.32 Å². The first-order valence-corrected chi connectivity index (χ1v) is 10.5. The highest BCUT2D eigenvalue weighted by molar-refractivity contribution is 7.79. The van der Waals surface area contributed by atoms with Gasteiger partial charge in [-0.15, -0.1) is 0 Å². The second kappa shape index (κ2) is 8.65. The molecule has 4 rings (SSSR count). The molecule has 0 heterocycles. The fourth-order valence-electron chi connectivity index (χ4n) is 3.09. The minimum Gasteiger partial charge on any atom is -0.322 e. The minimum atomic E-state index is -0.657. The van der Waals surface area contributed by atoms with Crippen molar-refractivity contribution in [3.63, 3.8) is 0 Å². The number of para-hydroxylation sites is 1. The van der Waals surface area contributed by atoms with Crippen molar-refractivity contribution < 1.29 is 4.79 Å². The third-order valence-electron chi connectivity index (χ3n) is 4.45. The third-order valence-corrected chi connectivity index (χ3v) is 6.89. The fraction of sp³-hybridized carbons (Fsp3) is 0. The van der Waals surface area contributed by atoms with Crippen molar-refractivity contribution in [3.8, 4) is 0 Å². The van der Waals surface area contributed by atoms with Gasteiger partial charge in [-0.05, 0) is 48.1 Å². The van der Waals surface area contributed by atoms with Crippen LogP contribution in [0.15, 0.2) is 115 Å². The number of rotatable bonds is 5. The molecule has 0 radical (unpaired) electrons. The van der Waals surface area contributed by atoms with E-state index in [0.717, 1.165) is 5.69 Å². The Bertz CT molecular complexity index is 993. The molecule has 0 aromatic heterocycles. The van der Waals surface area contributed by atoms with Crippen molar-refractivity contribution in [2.45, 2.75) is 0 Å². The SMILES string of the molecule is O=C(Nc1ccccc1)c1ccc(P(c2ccccc2)c2ccccc2)cc1. The Hall–Kier alpha value is -3.22. The molecule has 0 bridgehead atoms. The maximum absolute atomic E-state index is 12.5. The summed E-state index contributed by atoms with van der Waals surface area (Å²) in [6, 6.07) is 38.6. The summed E-state index contributed by atoms with van der Waals surface area (Å²) in [7, 11) is -0.657. The van der Waals surface area contributed by atoms with Crippen LogP contribution in [0.1, 0.15) is 10.4 Å². The van der Waals surface area contributed by atoms with Crippen molar-refractivity contribution >= 4 is 35.4 Å². The Kier molecular flexibility index (Phi) is 5.61. The molecule has 0 atom stereocenters. The van der Waals surface area contributed by atoms with E-state index in [0.29, 0.717) is 5.56 Å². The molecule has 1 N–H and O–H groups in total. The van der Waals surface area contributed by atoms with Crippen LogP contribution in [0.4, 0.5) is 5.69 Å². The summed E-state index contributed by atoms with van der Waals surface area (Å²) in [4.78, 5) is 12.5. The molecule has 3 heteroatoms.